The van der Waals surface area contributed by atoms with Crippen LogP contribution < -0.4 is 11.1 Å². The standard InChI is InChI=1S/C16H26N2O3S/c1-4-16(5-2,12-17)15(19)18-10-13-7-6-8-14(9-13)11-22(3,20)21/h6-9H,4-5,10-12,17H2,1-3H3,(H,18,19). The van der Waals surface area contributed by atoms with E-state index in [2.05, 4.69) is 5.32 Å². The van der Waals surface area contributed by atoms with Gasteiger partial charge in [-0.2, -0.15) is 0 Å². The average Bonchev–Trinajstić information content (AvgIpc) is 2.46. The van der Waals surface area contributed by atoms with Crippen LogP contribution in [0.5, 0.6) is 0 Å². The highest BCUT2D eigenvalue weighted by Crippen LogP contribution is 2.25. The smallest absolute Gasteiger partial charge is 0.227 e. The van der Waals surface area contributed by atoms with Gasteiger partial charge < -0.3 is 11.1 Å². The molecule has 0 aliphatic rings. The molecular formula is C16H26N2O3S. The second-order valence-electron chi connectivity index (χ2n) is 5.76. The van der Waals surface area contributed by atoms with Crippen LogP contribution in [0.25, 0.3) is 0 Å². The van der Waals surface area contributed by atoms with Gasteiger partial charge in [-0.25, -0.2) is 8.42 Å². The molecule has 1 aromatic carbocycles. The van der Waals surface area contributed by atoms with Crippen LogP contribution in [0.2, 0.25) is 0 Å². The largest absolute Gasteiger partial charge is 0.352 e. The molecule has 0 fully saturated rings. The lowest BCUT2D eigenvalue weighted by Crippen LogP contribution is -2.45. The van der Waals surface area contributed by atoms with Crippen molar-refractivity contribution in [2.45, 2.75) is 39.0 Å². The number of nitrogens with two attached hydrogens (primary N) is 1. The van der Waals surface area contributed by atoms with Crippen molar-refractivity contribution in [1.29, 1.82) is 0 Å². The van der Waals surface area contributed by atoms with E-state index >= 15 is 0 Å². The second kappa shape index (κ2) is 7.74. The summed E-state index contributed by atoms with van der Waals surface area (Å²) in [6.45, 7) is 4.61. The summed E-state index contributed by atoms with van der Waals surface area (Å²) in [5.41, 5.74) is 6.85. The van der Waals surface area contributed by atoms with Crippen LogP contribution in [0.1, 0.15) is 37.8 Å². The first-order valence-electron chi connectivity index (χ1n) is 7.50. The number of carbonyl (C=O) groups is 1. The van der Waals surface area contributed by atoms with Gasteiger partial charge in [-0.15, -0.1) is 0 Å². The maximum atomic E-state index is 12.4. The number of hydrogen-bond donors (Lipinski definition) is 2. The van der Waals surface area contributed by atoms with Crippen LogP contribution in [0.3, 0.4) is 0 Å². The first-order chi connectivity index (χ1) is 10.3. The van der Waals surface area contributed by atoms with Gasteiger partial charge in [0.15, 0.2) is 9.84 Å². The summed E-state index contributed by atoms with van der Waals surface area (Å²) in [6, 6.07) is 7.25. The van der Waals surface area contributed by atoms with Crippen molar-refractivity contribution >= 4 is 15.7 Å². The third-order valence-corrected chi connectivity index (χ3v) is 4.96. The minimum Gasteiger partial charge on any atom is -0.352 e. The Morgan fingerprint density at radius 1 is 1.23 bits per heavy atom. The van der Waals surface area contributed by atoms with Crippen LogP contribution >= 0.6 is 0 Å². The summed E-state index contributed by atoms with van der Waals surface area (Å²) in [4.78, 5) is 12.4. The highest BCUT2D eigenvalue weighted by Gasteiger charge is 2.32. The third kappa shape index (κ3) is 5.10. The van der Waals surface area contributed by atoms with Crippen molar-refractivity contribution in [2.24, 2.45) is 11.1 Å². The van der Waals surface area contributed by atoms with Crippen molar-refractivity contribution in [2.75, 3.05) is 12.8 Å². The topological polar surface area (TPSA) is 89.3 Å². The molecule has 0 saturated carbocycles. The zero-order valence-corrected chi connectivity index (χ0v) is 14.4. The lowest BCUT2D eigenvalue weighted by Gasteiger charge is -2.28. The third-order valence-electron chi connectivity index (χ3n) is 4.10. The van der Waals surface area contributed by atoms with Gasteiger partial charge in [0.05, 0.1) is 11.2 Å². The molecule has 3 N–H and O–H groups in total. The van der Waals surface area contributed by atoms with Gasteiger partial charge in [-0.1, -0.05) is 38.1 Å². The average molecular weight is 326 g/mol. The van der Waals surface area contributed by atoms with Gasteiger partial charge in [0.1, 0.15) is 0 Å². The number of hydrogen-bond acceptors (Lipinski definition) is 4. The first-order valence-corrected chi connectivity index (χ1v) is 9.56. The summed E-state index contributed by atoms with van der Waals surface area (Å²) in [7, 11) is -3.06. The SMILES string of the molecule is CCC(CC)(CN)C(=O)NCc1cccc(CS(C)(=O)=O)c1. The van der Waals surface area contributed by atoms with E-state index in [1.54, 1.807) is 12.1 Å². The normalized spacial score (nSPS) is 12.2. The quantitative estimate of drug-likeness (QED) is 0.759. The Morgan fingerprint density at radius 2 is 1.82 bits per heavy atom. The second-order valence-corrected chi connectivity index (χ2v) is 7.90. The van der Waals surface area contributed by atoms with E-state index in [0.717, 1.165) is 11.1 Å². The van der Waals surface area contributed by atoms with Gasteiger partial charge in [0.2, 0.25) is 5.91 Å². The number of amides is 1. The minimum absolute atomic E-state index is 0.00540. The van der Waals surface area contributed by atoms with Crippen molar-refractivity contribution in [1.82, 2.24) is 5.32 Å². The Balaban J connectivity index is 2.76. The van der Waals surface area contributed by atoms with Gasteiger partial charge in [-0.3, -0.25) is 4.79 Å². The zero-order valence-electron chi connectivity index (χ0n) is 13.6. The molecule has 0 bridgehead atoms. The monoisotopic (exact) mass is 326 g/mol. The van der Waals surface area contributed by atoms with Crippen molar-refractivity contribution in [3.8, 4) is 0 Å². The number of carbonyl (C=O) groups excluding carboxylic acids is 1. The maximum Gasteiger partial charge on any atom is 0.227 e. The summed E-state index contributed by atoms with van der Waals surface area (Å²) < 4.78 is 22.7. The molecule has 22 heavy (non-hydrogen) atoms. The first kappa shape index (κ1) is 18.6. The molecule has 1 amide bonds. The molecule has 0 aliphatic heterocycles. The highest BCUT2D eigenvalue weighted by molar-refractivity contribution is 7.89. The Bertz CT molecular complexity index is 599. The molecule has 0 saturated heterocycles. The van der Waals surface area contributed by atoms with Gasteiger partial charge >= 0.3 is 0 Å². The molecule has 0 atom stereocenters. The van der Waals surface area contributed by atoms with E-state index in [1.165, 1.54) is 6.26 Å². The summed E-state index contributed by atoms with van der Waals surface area (Å²) >= 11 is 0. The predicted molar refractivity (Wildman–Crippen MR) is 88.9 cm³/mol. The van der Waals surface area contributed by atoms with Crippen LogP contribution in [0, 0.1) is 5.41 Å². The lowest BCUT2D eigenvalue weighted by molar-refractivity contribution is -0.131. The van der Waals surface area contributed by atoms with Crippen LogP contribution in [-0.4, -0.2) is 27.1 Å². The Hall–Kier alpha value is -1.40. The van der Waals surface area contributed by atoms with E-state index in [-0.39, 0.29) is 11.7 Å². The molecule has 6 heteroatoms. The van der Waals surface area contributed by atoms with Gasteiger partial charge in [-0.05, 0) is 24.0 Å². The summed E-state index contributed by atoms with van der Waals surface area (Å²) in [6.07, 6.45) is 2.60. The maximum absolute atomic E-state index is 12.4. The molecule has 1 rings (SSSR count). The van der Waals surface area contributed by atoms with E-state index in [9.17, 15) is 13.2 Å². The van der Waals surface area contributed by atoms with Crippen LogP contribution in [-0.2, 0) is 26.9 Å². The van der Waals surface area contributed by atoms with Crippen molar-refractivity contribution < 1.29 is 13.2 Å². The van der Waals surface area contributed by atoms with Crippen LogP contribution in [0.15, 0.2) is 24.3 Å². The molecular weight excluding hydrogens is 300 g/mol. The molecule has 0 aromatic heterocycles. The lowest BCUT2D eigenvalue weighted by atomic mass is 9.81. The summed E-state index contributed by atoms with van der Waals surface area (Å²) in [5, 5.41) is 2.91. The number of benzene rings is 1. The number of sulfone groups is 1. The number of rotatable bonds is 8. The molecule has 1 aromatic rings. The Morgan fingerprint density at radius 3 is 2.32 bits per heavy atom. The van der Waals surface area contributed by atoms with E-state index in [0.29, 0.717) is 25.9 Å². The Kier molecular flexibility index (Phi) is 6.56. The van der Waals surface area contributed by atoms with Crippen LogP contribution in [0.4, 0.5) is 0 Å². The zero-order chi connectivity index (χ0) is 16.8. The molecule has 0 unspecified atom stereocenters. The highest BCUT2D eigenvalue weighted by atomic mass is 32.2. The molecule has 0 radical (unpaired) electrons. The Labute approximate surface area is 133 Å². The molecule has 124 valence electrons. The van der Waals surface area contributed by atoms with E-state index in [1.807, 2.05) is 26.0 Å². The molecule has 0 spiro atoms. The molecule has 0 heterocycles. The molecule has 0 aliphatic carbocycles. The molecule has 5 nitrogen and oxygen atoms in total. The van der Waals surface area contributed by atoms with Crippen molar-refractivity contribution in [3.63, 3.8) is 0 Å². The predicted octanol–water partition coefficient (Wildman–Crippen LogP) is 1.61. The van der Waals surface area contributed by atoms with E-state index < -0.39 is 15.3 Å². The fourth-order valence-electron chi connectivity index (χ4n) is 2.45. The van der Waals surface area contributed by atoms with Crippen molar-refractivity contribution in [3.05, 3.63) is 35.4 Å². The summed E-state index contributed by atoms with van der Waals surface area (Å²) in [5.74, 6) is -0.0423. The fraction of sp³-hybridized carbons (Fsp3) is 0.562. The van der Waals surface area contributed by atoms with Gasteiger partial charge in [0.25, 0.3) is 0 Å². The van der Waals surface area contributed by atoms with Gasteiger partial charge in [0, 0.05) is 19.3 Å². The minimum atomic E-state index is -3.06. The van der Waals surface area contributed by atoms with E-state index in [4.69, 9.17) is 5.73 Å². The fourth-order valence-corrected chi connectivity index (χ4v) is 3.24. The number of nitrogens with one attached hydrogen (secondary N) is 1.